The van der Waals surface area contributed by atoms with E-state index < -0.39 is 33.2 Å². The highest BCUT2D eigenvalue weighted by Crippen LogP contribution is 2.32. The Kier molecular flexibility index (Phi) is 6.52. The molecule has 0 aliphatic rings. The van der Waals surface area contributed by atoms with Crippen molar-refractivity contribution in [3.05, 3.63) is 51.4 Å². The van der Waals surface area contributed by atoms with Crippen molar-refractivity contribution in [2.45, 2.75) is 0 Å². The molecule has 0 aromatic heterocycles. The average molecular weight is 485 g/mol. The van der Waals surface area contributed by atoms with Crippen LogP contribution in [0.15, 0.2) is 30.3 Å². The highest BCUT2D eigenvalue weighted by Gasteiger charge is 2.19. The molecule has 2 aromatic rings. The summed E-state index contributed by atoms with van der Waals surface area (Å²) in [7, 11) is -2.21. The van der Waals surface area contributed by atoms with Crippen molar-refractivity contribution in [2.24, 2.45) is 0 Å². The maximum Gasteiger partial charge on any atom is 0.234 e. The van der Waals surface area contributed by atoms with E-state index >= 15 is 0 Å². The highest BCUT2D eigenvalue weighted by atomic mass is 127. The first-order valence-electron chi connectivity index (χ1n) is 7.08. The zero-order chi connectivity index (χ0) is 18.6. The maximum atomic E-state index is 14.2. The second-order valence-corrected chi connectivity index (χ2v) is 8.15. The molecule has 0 atom stereocenters. The lowest BCUT2D eigenvalue weighted by atomic mass is 10.2. The summed E-state index contributed by atoms with van der Waals surface area (Å²) in [5.41, 5.74) is -0.818. The van der Waals surface area contributed by atoms with Gasteiger partial charge in [-0.1, -0.05) is 0 Å². The number of halogens is 4. The summed E-state index contributed by atoms with van der Waals surface area (Å²) < 4.78 is 68.5. The minimum atomic E-state index is -3.79. The number of nitrogens with one attached hydrogen (secondary N) is 3. The number of sulfonamides is 1. The molecule has 2 rings (SSSR count). The fourth-order valence-electron chi connectivity index (χ4n) is 1.94. The van der Waals surface area contributed by atoms with Crippen LogP contribution in [0.4, 0.5) is 30.2 Å². The molecule has 136 valence electrons. The van der Waals surface area contributed by atoms with Gasteiger partial charge in [0, 0.05) is 10.1 Å². The fourth-order valence-corrected chi connectivity index (χ4v) is 3.47. The summed E-state index contributed by atoms with van der Waals surface area (Å²) in [6, 6.07) is 5.99. The Bertz CT molecular complexity index is 879. The molecule has 0 unspecified atom stereocenters. The van der Waals surface area contributed by atoms with Crippen molar-refractivity contribution in [1.82, 2.24) is 5.32 Å². The Morgan fingerprint density at radius 3 is 2.36 bits per heavy atom. The monoisotopic (exact) mass is 485 g/mol. The minimum absolute atomic E-state index is 0.111. The molecule has 0 fully saturated rings. The van der Waals surface area contributed by atoms with Gasteiger partial charge in [0.15, 0.2) is 11.6 Å². The molecule has 0 saturated carbocycles. The number of hydrogen-bond acceptors (Lipinski definition) is 4. The third-order valence-electron chi connectivity index (χ3n) is 3.17. The van der Waals surface area contributed by atoms with Crippen molar-refractivity contribution in [2.75, 3.05) is 29.4 Å². The predicted molar refractivity (Wildman–Crippen MR) is 100 cm³/mol. The summed E-state index contributed by atoms with van der Waals surface area (Å²) in [6.45, 7) is 0.174. The van der Waals surface area contributed by atoms with Crippen molar-refractivity contribution in [3.63, 3.8) is 0 Å². The molecule has 0 spiro atoms. The van der Waals surface area contributed by atoms with Gasteiger partial charge in [0.05, 0.1) is 17.1 Å². The maximum absolute atomic E-state index is 14.2. The molecule has 0 aliphatic heterocycles. The van der Waals surface area contributed by atoms with Crippen molar-refractivity contribution in [1.29, 1.82) is 0 Å². The molecule has 0 bridgehead atoms. The summed E-state index contributed by atoms with van der Waals surface area (Å²) in [4.78, 5) is 0. The van der Waals surface area contributed by atoms with E-state index in [0.29, 0.717) is 3.57 Å². The Morgan fingerprint density at radius 2 is 1.72 bits per heavy atom. The van der Waals surface area contributed by atoms with E-state index in [2.05, 4.69) is 15.4 Å². The molecule has 0 aliphatic carbocycles. The van der Waals surface area contributed by atoms with Crippen LogP contribution in [0.3, 0.4) is 0 Å². The first kappa shape index (κ1) is 19.8. The van der Waals surface area contributed by atoms with Gasteiger partial charge in [0.25, 0.3) is 0 Å². The Hall–Kier alpha value is -1.53. The van der Waals surface area contributed by atoms with Crippen LogP contribution in [0, 0.1) is 21.0 Å². The quantitative estimate of drug-likeness (QED) is 0.526. The molecule has 10 heteroatoms. The summed E-state index contributed by atoms with van der Waals surface area (Å²) in [5, 5.41) is 5.10. The van der Waals surface area contributed by atoms with Gasteiger partial charge in [-0.25, -0.2) is 21.6 Å². The summed E-state index contributed by atoms with van der Waals surface area (Å²) in [5.74, 6) is -3.45. The van der Waals surface area contributed by atoms with E-state index in [1.807, 2.05) is 22.6 Å². The van der Waals surface area contributed by atoms with Gasteiger partial charge in [-0.3, -0.25) is 4.72 Å². The largest absolute Gasteiger partial charge is 0.349 e. The van der Waals surface area contributed by atoms with Gasteiger partial charge in [-0.15, -0.1) is 0 Å². The summed E-state index contributed by atoms with van der Waals surface area (Å²) >= 11 is 1.90. The average Bonchev–Trinajstić information content (AvgIpc) is 2.54. The standard InChI is InChI=1S/C15H15F3IN3O2S/c1-20-6-7-25(23,24)22-13-5-3-10(16)14(18)15(13)21-12-4-2-9(19)8-11(12)17/h2-5,8,20-22H,6-7H2,1H3. The molecule has 0 radical (unpaired) electrons. The van der Waals surface area contributed by atoms with Crippen LogP contribution in [-0.4, -0.2) is 27.8 Å². The number of rotatable bonds is 7. The van der Waals surface area contributed by atoms with E-state index in [0.717, 1.165) is 12.1 Å². The highest BCUT2D eigenvalue weighted by molar-refractivity contribution is 14.1. The number of benzene rings is 2. The first-order valence-corrected chi connectivity index (χ1v) is 9.82. The van der Waals surface area contributed by atoms with Crippen molar-refractivity contribution < 1.29 is 21.6 Å². The van der Waals surface area contributed by atoms with Crippen LogP contribution >= 0.6 is 22.6 Å². The van der Waals surface area contributed by atoms with E-state index in [9.17, 15) is 21.6 Å². The van der Waals surface area contributed by atoms with Gasteiger partial charge < -0.3 is 10.6 Å². The Labute approximate surface area is 157 Å². The van der Waals surface area contributed by atoms with Gasteiger partial charge in [-0.2, -0.15) is 0 Å². The number of anilines is 3. The molecular formula is C15H15F3IN3O2S. The molecule has 0 saturated heterocycles. The molecular weight excluding hydrogens is 470 g/mol. The first-order chi connectivity index (χ1) is 11.7. The van der Waals surface area contributed by atoms with Gasteiger partial charge >= 0.3 is 0 Å². The van der Waals surface area contributed by atoms with Crippen LogP contribution in [0.25, 0.3) is 0 Å². The lowest BCUT2D eigenvalue weighted by molar-refractivity contribution is 0.512. The lowest BCUT2D eigenvalue weighted by Gasteiger charge is -2.16. The van der Waals surface area contributed by atoms with E-state index in [1.54, 1.807) is 13.1 Å². The smallest absolute Gasteiger partial charge is 0.234 e. The van der Waals surface area contributed by atoms with Crippen LogP contribution in [-0.2, 0) is 10.0 Å². The van der Waals surface area contributed by atoms with Gasteiger partial charge in [0.2, 0.25) is 10.0 Å². The van der Waals surface area contributed by atoms with E-state index in [4.69, 9.17) is 0 Å². The normalized spacial score (nSPS) is 11.4. The van der Waals surface area contributed by atoms with E-state index in [1.165, 1.54) is 12.1 Å². The topological polar surface area (TPSA) is 70.2 Å². The number of hydrogen-bond donors (Lipinski definition) is 3. The summed E-state index contributed by atoms with van der Waals surface area (Å²) in [6.07, 6.45) is 0. The Morgan fingerprint density at radius 1 is 1.04 bits per heavy atom. The third kappa shape index (κ3) is 5.22. The molecule has 0 heterocycles. The van der Waals surface area contributed by atoms with Gasteiger partial charge in [-0.05, 0) is 60.0 Å². The van der Waals surface area contributed by atoms with Crippen LogP contribution in [0.5, 0.6) is 0 Å². The molecule has 5 nitrogen and oxygen atoms in total. The lowest BCUT2D eigenvalue weighted by Crippen LogP contribution is -2.25. The van der Waals surface area contributed by atoms with Gasteiger partial charge in [0.1, 0.15) is 11.5 Å². The Balaban J connectivity index is 2.40. The zero-order valence-corrected chi connectivity index (χ0v) is 16.0. The predicted octanol–water partition coefficient (Wildman–Crippen LogP) is 3.41. The SMILES string of the molecule is CNCCS(=O)(=O)Nc1ccc(F)c(F)c1Nc1ccc(I)cc1F. The van der Waals surface area contributed by atoms with E-state index in [-0.39, 0.29) is 23.7 Å². The second-order valence-electron chi connectivity index (χ2n) is 5.06. The molecule has 2 aromatic carbocycles. The van der Waals surface area contributed by atoms with Crippen LogP contribution < -0.4 is 15.4 Å². The minimum Gasteiger partial charge on any atom is -0.349 e. The zero-order valence-electron chi connectivity index (χ0n) is 13.0. The van der Waals surface area contributed by atoms with Crippen LogP contribution in [0.1, 0.15) is 0 Å². The molecule has 0 amide bonds. The molecule has 25 heavy (non-hydrogen) atoms. The third-order valence-corrected chi connectivity index (χ3v) is 5.12. The van der Waals surface area contributed by atoms with Crippen molar-refractivity contribution in [3.8, 4) is 0 Å². The van der Waals surface area contributed by atoms with Crippen LogP contribution in [0.2, 0.25) is 0 Å². The fraction of sp³-hybridized carbons (Fsp3) is 0.200. The molecule has 3 N–H and O–H groups in total. The van der Waals surface area contributed by atoms with Crippen molar-refractivity contribution >= 4 is 49.7 Å². The second kappa shape index (κ2) is 8.23.